The van der Waals surface area contributed by atoms with Gasteiger partial charge in [-0.1, -0.05) is 0 Å². The first-order valence-corrected chi connectivity index (χ1v) is 3.71. The molecule has 1 aromatic heterocycles. The molecular formula is C8H2F6N2. The van der Waals surface area contributed by atoms with Gasteiger partial charge in [-0.3, -0.25) is 0 Å². The second-order valence-electron chi connectivity index (χ2n) is 2.72. The predicted octanol–water partition coefficient (Wildman–Crippen LogP) is 2.99. The van der Waals surface area contributed by atoms with Crippen molar-refractivity contribution in [3.05, 3.63) is 29.1 Å². The van der Waals surface area contributed by atoms with Crippen LogP contribution in [0.15, 0.2) is 12.3 Å². The summed E-state index contributed by atoms with van der Waals surface area (Å²) in [5, 5.41) is 8.26. The van der Waals surface area contributed by atoms with Crippen LogP contribution in [-0.4, -0.2) is 4.98 Å². The van der Waals surface area contributed by atoms with Crippen LogP contribution in [0, 0.1) is 11.3 Å². The van der Waals surface area contributed by atoms with Gasteiger partial charge in [0.2, 0.25) is 0 Å². The van der Waals surface area contributed by atoms with E-state index in [2.05, 4.69) is 4.98 Å². The molecule has 0 atom stereocenters. The van der Waals surface area contributed by atoms with Gasteiger partial charge in [0, 0.05) is 6.20 Å². The average molecular weight is 240 g/mol. The zero-order chi connectivity index (χ0) is 12.6. The summed E-state index contributed by atoms with van der Waals surface area (Å²) in [6.45, 7) is 0. The first kappa shape index (κ1) is 12.3. The number of alkyl halides is 6. The van der Waals surface area contributed by atoms with Crippen molar-refractivity contribution in [2.75, 3.05) is 0 Å². The van der Waals surface area contributed by atoms with Crippen molar-refractivity contribution in [2.45, 2.75) is 12.4 Å². The molecule has 0 bridgehead atoms. The van der Waals surface area contributed by atoms with Crippen molar-refractivity contribution in [3.63, 3.8) is 0 Å². The first-order valence-electron chi connectivity index (χ1n) is 3.71. The molecule has 1 aromatic rings. The van der Waals surface area contributed by atoms with Gasteiger partial charge in [0.25, 0.3) is 0 Å². The molecule has 16 heavy (non-hydrogen) atoms. The summed E-state index contributed by atoms with van der Waals surface area (Å²) in [6, 6.07) is 1.31. The van der Waals surface area contributed by atoms with Gasteiger partial charge >= 0.3 is 12.4 Å². The molecule has 0 aliphatic heterocycles. The molecule has 0 saturated heterocycles. The van der Waals surface area contributed by atoms with Gasteiger partial charge in [-0.25, -0.2) is 4.98 Å². The highest BCUT2D eigenvalue weighted by atomic mass is 19.4. The molecule has 0 N–H and O–H groups in total. The molecule has 0 aliphatic carbocycles. The van der Waals surface area contributed by atoms with Crippen LogP contribution < -0.4 is 0 Å². The summed E-state index contributed by atoms with van der Waals surface area (Å²) in [7, 11) is 0. The molecule has 2 nitrogen and oxygen atoms in total. The third-order valence-corrected chi connectivity index (χ3v) is 1.63. The summed E-state index contributed by atoms with van der Waals surface area (Å²) >= 11 is 0. The Morgan fingerprint density at radius 3 is 1.88 bits per heavy atom. The average Bonchev–Trinajstić information content (AvgIpc) is 2.14. The Bertz CT molecular complexity index is 439. The number of hydrogen-bond acceptors (Lipinski definition) is 2. The van der Waals surface area contributed by atoms with E-state index in [4.69, 9.17) is 5.26 Å². The van der Waals surface area contributed by atoms with Crippen LogP contribution in [-0.2, 0) is 12.4 Å². The summed E-state index contributed by atoms with van der Waals surface area (Å²) < 4.78 is 73.3. The van der Waals surface area contributed by atoms with Crippen molar-refractivity contribution in [2.24, 2.45) is 0 Å². The fourth-order valence-electron chi connectivity index (χ4n) is 0.977. The number of pyridine rings is 1. The van der Waals surface area contributed by atoms with E-state index in [1.165, 1.54) is 6.07 Å². The topological polar surface area (TPSA) is 36.7 Å². The van der Waals surface area contributed by atoms with Crippen LogP contribution >= 0.6 is 0 Å². The van der Waals surface area contributed by atoms with Crippen LogP contribution in [0.25, 0.3) is 0 Å². The van der Waals surface area contributed by atoms with Crippen LogP contribution in [0.2, 0.25) is 0 Å². The van der Waals surface area contributed by atoms with E-state index in [-0.39, 0.29) is 12.3 Å². The highest BCUT2D eigenvalue weighted by Crippen LogP contribution is 2.39. The van der Waals surface area contributed by atoms with Gasteiger partial charge in [0.1, 0.15) is 11.8 Å². The van der Waals surface area contributed by atoms with Crippen LogP contribution in [0.5, 0.6) is 0 Å². The number of nitrogens with zero attached hydrogens (tertiary/aromatic N) is 2. The molecule has 86 valence electrons. The number of nitriles is 1. The smallest absolute Gasteiger partial charge is 0.245 e. The molecule has 0 radical (unpaired) electrons. The molecule has 1 heterocycles. The molecule has 8 heteroatoms. The molecule has 0 aromatic carbocycles. The lowest BCUT2D eigenvalue weighted by Crippen LogP contribution is -2.17. The highest BCUT2D eigenvalue weighted by molar-refractivity contribution is 5.35. The second-order valence-corrected chi connectivity index (χ2v) is 2.72. The van der Waals surface area contributed by atoms with Gasteiger partial charge in [-0.15, -0.1) is 0 Å². The fourth-order valence-corrected chi connectivity index (χ4v) is 0.977. The van der Waals surface area contributed by atoms with Gasteiger partial charge in [0.15, 0.2) is 0 Å². The molecule has 0 spiro atoms. The Kier molecular flexibility index (Phi) is 2.81. The minimum absolute atomic E-state index is 0.00137. The predicted molar refractivity (Wildman–Crippen MR) is 39.0 cm³/mol. The standard InChI is InChI=1S/C8H2F6N2/c9-7(10,11)5-1-4(2-15)16-3-6(5)8(12,13)14/h1,3H. The monoisotopic (exact) mass is 240 g/mol. The summed E-state index contributed by atoms with van der Waals surface area (Å²) in [5.74, 6) is 0. The highest BCUT2D eigenvalue weighted by Gasteiger charge is 2.43. The third-order valence-electron chi connectivity index (χ3n) is 1.63. The lowest BCUT2D eigenvalue weighted by molar-refractivity contribution is -0.162. The lowest BCUT2D eigenvalue weighted by Gasteiger charge is -2.14. The number of aromatic nitrogens is 1. The SMILES string of the molecule is N#Cc1cc(C(F)(F)F)c(C(F)(F)F)cn1. The minimum Gasteiger partial charge on any atom is -0.245 e. The summed E-state index contributed by atoms with van der Waals surface area (Å²) in [5.41, 5.74) is -4.54. The molecule has 0 unspecified atom stereocenters. The number of rotatable bonds is 0. The fraction of sp³-hybridized carbons (Fsp3) is 0.250. The van der Waals surface area contributed by atoms with Gasteiger partial charge in [0.05, 0.1) is 11.1 Å². The normalized spacial score (nSPS) is 12.3. The zero-order valence-corrected chi connectivity index (χ0v) is 7.32. The van der Waals surface area contributed by atoms with Crippen molar-refractivity contribution in [1.82, 2.24) is 4.98 Å². The van der Waals surface area contributed by atoms with Crippen LogP contribution in [0.3, 0.4) is 0 Å². The van der Waals surface area contributed by atoms with Gasteiger partial charge < -0.3 is 0 Å². The largest absolute Gasteiger partial charge is 0.418 e. The molecule has 0 aliphatic rings. The van der Waals surface area contributed by atoms with Crippen molar-refractivity contribution < 1.29 is 26.3 Å². The van der Waals surface area contributed by atoms with Crippen molar-refractivity contribution in [3.8, 4) is 6.07 Å². The summed E-state index contributed by atoms with van der Waals surface area (Å²) in [4.78, 5) is 2.96. The number of hydrogen-bond donors (Lipinski definition) is 0. The van der Waals surface area contributed by atoms with Crippen molar-refractivity contribution >= 4 is 0 Å². The van der Waals surface area contributed by atoms with E-state index in [1.54, 1.807) is 0 Å². The first-order chi connectivity index (χ1) is 7.16. The maximum atomic E-state index is 12.3. The van der Waals surface area contributed by atoms with Crippen LogP contribution in [0.1, 0.15) is 16.8 Å². The van der Waals surface area contributed by atoms with Crippen molar-refractivity contribution in [1.29, 1.82) is 5.26 Å². The minimum atomic E-state index is -5.18. The molecule has 0 fully saturated rings. The molecule has 1 rings (SSSR count). The Balaban J connectivity index is 3.47. The van der Waals surface area contributed by atoms with E-state index >= 15 is 0 Å². The number of halogens is 6. The second kappa shape index (κ2) is 3.66. The Morgan fingerprint density at radius 2 is 1.50 bits per heavy atom. The Morgan fingerprint density at radius 1 is 1.00 bits per heavy atom. The van der Waals surface area contributed by atoms with E-state index in [1.807, 2.05) is 0 Å². The Hall–Kier alpha value is -1.78. The van der Waals surface area contributed by atoms with Gasteiger partial charge in [-0.2, -0.15) is 31.6 Å². The van der Waals surface area contributed by atoms with E-state index in [0.29, 0.717) is 0 Å². The zero-order valence-electron chi connectivity index (χ0n) is 7.32. The van der Waals surface area contributed by atoms with E-state index in [9.17, 15) is 26.3 Å². The molecular weight excluding hydrogens is 238 g/mol. The maximum absolute atomic E-state index is 12.3. The van der Waals surface area contributed by atoms with E-state index in [0.717, 1.165) is 0 Å². The lowest BCUT2D eigenvalue weighted by atomic mass is 10.1. The molecule has 0 amide bonds. The Labute approximate surface area is 85.1 Å². The molecule has 0 saturated carbocycles. The van der Waals surface area contributed by atoms with E-state index < -0.39 is 29.2 Å². The van der Waals surface area contributed by atoms with Gasteiger partial charge in [-0.05, 0) is 6.07 Å². The quantitative estimate of drug-likeness (QED) is 0.653. The third kappa shape index (κ3) is 2.42. The van der Waals surface area contributed by atoms with Crippen LogP contribution in [0.4, 0.5) is 26.3 Å². The maximum Gasteiger partial charge on any atom is 0.418 e. The summed E-state index contributed by atoms with van der Waals surface area (Å²) in [6.07, 6.45) is -10.3.